The van der Waals surface area contributed by atoms with Crippen LogP contribution in [-0.2, 0) is 4.74 Å². The molecule has 0 saturated carbocycles. The number of aliphatic hydroxyl groups is 4. The Morgan fingerprint density at radius 2 is 2.05 bits per heavy atom. The highest BCUT2D eigenvalue weighted by Gasteiger charge is 2.55. The number of ether oxygens (including phenoxy) is 1. The van der Waals surface area contributed by atoms with Crippen LogP contribution in [-0.4, -0.2) is 54.6 Å². The molecule has 4 N–H and O–H groups in total. The minimum atomic E-state index is -2.49. The van der Waals surface area contributed by atoms with Gasteiger partial charge in [0.05, 0.1) is 24.0 Å². The Morgan fingerprint density at radius 3 is 2.74 bits per heavy atom. The van der Waals surface area contributed by atoms with Gasteiger partial charge in [-0.25, -0.2) is 4.98 Å². The Kier molecular flexibility index (Phi) is 2.80. The molecule has 7 nitrogen and oxygen atoms in total. The zero-order valence-electron chi connectivity index (χ0n) is 9.92. The van der Waals surface area contributed by atoms with Gasteiger partial charge < -0.3 is 25.2 Å². The zero-order chi connectivity index (χ0) is 13.6. The van der Waals surface area contributed by atoms with Crippen LogP contribution in [0, 0.1) is 0 Å². The number of rotatable bonds is 2. The summed E-state index contributed by atoms with van der Waals surface area (Å²) in [5.74, 6) is -2.49. The van der Waals surface area contributed by atoms with Gasteiger partial charge >= 0.3 is 0 Å². The van der Waals surface area contributed by atoms with Gasteiger partial charge in [0.2, 0.25) is 5.79 Å². The third-order valence-corrected chi connectivity index (χ3v) is 3.37. The first-order chi connectivity index (χ1) is 9.05. The molecule has 3 rings (SSSR count). The van der Waals surface area contributed by atoms with Crippen molar-refractivity contribution < 1.29 is 25.2 Å². The molecular weight excluding hydrogens is 252 g/mol. The number of aliphatic hydroxyl groups excluding tert-OH is 2. The van der Waals surface area contributed by atoms with Crippen molar-refractivity contribution in [2.24, 2.45) is 0 Å². The highest BCUT2D eigenvalue weighted by molar-refractivity contribution is 5.75. The molecular formula is C12H14N2O5. The summed E-state index contributed by atoms with van der Waals surface area (Å²) in [5.41, 5.74) is 1.31. The van der Waals surface area contributed by atoms with Crippen LogP contribution >= 0.6 is 0 Å². The topological polar surface area (TPSA) is 108 Å². The third kappa shape index (κ3) is 1.75. The van der Waals surface area contributed by atoms with Crippen molar-refractivity contribution in [2.75, 3.05) is 6.61 Å². The molecule has 0 spiro atoms. The predicted molar refractivity (Wildman–Crippen MR) is 63.9 cm³/mol. The van der Waals surface area contributed by atoms with E-state index in [-0.39, 0.29) is 0 Å². The van der Waals surface area contributed by atoms with Crippen molar-refractivity contribution in [1.29, 1.82) is 0 Å². The molecule has 0 amide bonds. The molecule has 0 unspecified atom stereocenters. The molecule has 1 aromatic carbocycles. The Balaban J connectivity index is 2.07. The summed E-state index contributed by atoms with van der Waals surface area (Å²) in [6.07, 6.45) is -2.47. The van der Waals surface area contributed by atoms with Gasteiger partial charge in [-0.1, -0.05) is 12.1 Å². The highest BCUT2D eigenvalue weighted by Crippen LogP contribution is 2.37. The van der Waals surface area contributed by atoms with Crippen molar-refractivity contribution in [1.82, 2.24) is 9.55 Å². The number of hydrogen-bond acceptors (Lipinski definition) is 6. The molecule has 102 valence electrons. The van der Waals surface area contributed by atoms with Crippen LogP contribution in [0.1, 0.15) is 6.23 Å². The number of imidazole rings is 1. The fraction of sp³-hybridized carbons (Fsp3) is 0.417. The molecule has 7 heteroatoms. The molecule has 19 heavy (non-hydrogen) atoms. The van der Waals surface area contributed by atoms with Crippen molar-refractivity contribution in [3.63, 3.8) is 0 Å². The summed E-state index contributed by atoms with van der Waals surface area (Å²) in [7, 11) is 0. The largest absolute Gasteiger partial charge is 0.394 e. The van der Waals surface area contributed by atoms with Gasteiger partial charge in [-0.3, -0.25) is 4.57 Å². The Morgan fingerprint density at radius 1 is 1.32 bits per heavy atom. The molecule has 2 aromatic rings. The van der Waals surface area contributed by atoms with Gasteiger partial charge in [0.1, 0.15) is 12.2 Å². The number of fused-ring (bicyclic) bond motifs is 1. The maximum Gasteiger partial charge on any atom is 0.239 e. The van der Waals surface area contributed by atoms with E-state index >= 15 is 0 Å². The number of nitrogens with zero attached hydrogens (tertiary/aromatic N) is 2. The van der Waals surface area contributed by atoms with Crippen LogP contribution in [0.3, 0.4) is 0 Å². The minimum Gasteiger partial charge on any atom is -0.394 e. The Bertz CT molecular complexity index is 597. The van der Waals surface area contributed by atoms with Crippen molar-refractivity contribution >= 4 is 11.0 Å². The number of aromatic nitrogens is 2. The van der Waals surface area contributed by atoms with Crippen LogP contribution in [0.25, 0.3) is 11.0 Å². The normalized spacial score (nSPS) is 30.0. The van der Waals surface area contributed by atoms with Crippen molar-refractivity contribution in [3.05, 3.63) is 30.6 Å². The fourth-order valence-corrected chi connectivity index (χ4v) is 2.34. The summed E-state index contributed by atoms with van der Waals surface area (Å²) < 4.78 is 6.74. The van der Waals surface area contributed by atoms with E-state index in [2.05, 4.69) is 4.98 Å². The van der Waals surface area contributed by atoms with Gasteiger partial charge in [-0.05, 0) is 12.1 Å². The summed E-state index contributed by atoms with van der Waals surface area (Å²) in [6.45, 7) is -0.507. The smallest absolute Gasteiger partial charge is 0.239 e. The van der Waals surface area contributed by atoms with E-state index in [1.807, 2.05) is 6.07 Å². The van der Waals surface area contributed by atoms with E-state index in [9.17, 15) is 15.3 Å². The van der Waals surface area contributed by atoms with Crippen LogP contribution in [0.4, 0.5) is 0 Å². The van der Waals surface area contributed by atoms with Crippen LogP contribution < -0.4 is 0 Å². The average molecular weight is 266 g/mol. The van der Waals surface area contributed by atoms with E-state index in [1.54, 1.807) is 18.2 Å². The molecule has 0 radical (unpaired) electrons. The van der Waals surface area contributed by atoms with Gasteiger partial charge in [-0.2, -0.15) is 0 Å². The van der Waals surface area contributed by atoms with Crippen molar-refractivity contribution in [3.8, 4) is 0 Å². The lowest BCUT2D eigenvalue weighted by Crippen LogP contribution is -2.46. The number of hydrogen-bond donors (Lipinski definition) is 4. The Labute approximate surface area is 108 Å². The molecule has 1 aliphatic heterocycles. The monoisotopic (exact) mass is 266 g/mol. The molecule has 1 aliphatic rings. The lowest BCUT2D eigenvalue weighted by molar-refractivity contribution is -0.247. The maximum absolute atomic E-state index is 9.98. The van der Waals surface area contributed by atoms with Gasteiger partial charge in [-0.15, -0.1) is 0 Å². The average Bonchev–Trinajstić information content (AvgIpc) is 2.91. The van der Waals surface area contributed by atoms with Crippen LogP contribution in [0.2, 0.25) is 0 Å². The summed E-state index contributed by atoms with van der Waals surface area (Å²) in [4.78, 5) is 4.12. The molecule has 3 atom stereocenters. The van der Waals surface area contributed by atoms with Crippen LogP contribution in [0.15, 0.2) is 30.6 Å². The second-order valence-corrected chi connectivity index (χ2v) is 4.58. The van der Waals surface area contributed by atoms with E-state index < -0.39 is 30.8 Å². The molecule has 1 saturated heterocycles. The SMILES string of the molecule is OC[C@H]1O[C@@H](n2cnc3ccccc32)C(O)(O)[C@H]1O. The minimum absolute atomic E-state index is 0.507. The van der Waals surface area contributed by atoms with Crippen LogP contribution in [0.5, 0.6) is 0 Å². The van der Waals surface area contributed by atoms with E-state index in [1.165, 1.54) is 10.9 Å². The van der Waals surface area contributed by atoms with Crippen molar-refractivity contribution in [2.45, 2.75) is 24.2 Å². The molecule has 0 bridgehead atoms. The first kappa shape index (κ1) is 12.5. The quantitative estimate of drug-likeness (QED) is 0.518. The number of benzene rings is 1. The van der Waals surface area contributed by atoms with Gasteiger partial charge in [0.15, 0.2) is 6.23 Å². The maximum atomic E-state index is 9.98. The summed E-state index contributed by atoms with van der Waals surface area (Å²) >= 11 is 0. The molecule has 2 heterocycles. The predicted octanol–water partition coefficient (Wildman–Crippen LogP) is -1.03. The van der Waals surface area contributed by atoms with E-state index in [0.717, 1.165) is 0 Å². The fourth-order valence-electron chi connectivity index (χ4n) is 2.34. The van der Waals surface area contributed by atoms with Gasteiger partial charge in [0.25, 0.3) is 0 Å². The lowest BCUT2D eigenvalue weighted by atomic mass is 10.1. The van der Waals surface area contributed by atoms with E-state index in [4.69, 9.17) is 9.84 Å². The Hall–Kier alpha value is -1.51. The summed E-state index contributed by atoms with van der Waals surface area (Å²) in [6, 6.07) is 7.12. The third-order valence-electron chi connectivity index (χ3n) is 3.37. The first-order valence-corrected chi connectivity index (χ1v) is 5.86. The van der Waals surface area contributed by atoms with Gasteiger partial charge in [0, 0.05) is 0 Å². The number of para-hydroxylation sites is 2. The highest BCUT2D eigenvalue weighted by atomic mass is 16.6. The lowest BCUT2D eigenvalue weighted by Gasteiger charge is -2.25. The molecule has 0 aliphatic carbocycles. The zero-order valence-corrected chi connectivity index (χ0v) is 9.92. The standard InChI is InChI=1S/C12H14N2O5/c15-5-9-10(16)12(17,18)11(19-9)14-6-13-7-3-1-2-4-8(7)14/h1-4,6,9-11,15-18H,5H2/t9-,10+,11-/m1/s1. The molecule has 1 fully saturated rings. The second-order valence-electron chi connectivity index (χ2n) is 4.58. The second kappa shape index (κ2) is 4.26. The van der Waals surface area contributed by atoms with E-state index in [0.29, 0.717) is 11.0 Å². The molecule has 1 aromatic heterocycles. The summed E-state index contributed by atoms with van der Waals surface area (Å²) in [5, 5.41) is 38.8. The first-order valence-electron chi connectivity index (χ1n) is 5.86.